The lowest BCUT2D eigenvalue weighted by Gasteiger charge is -2.40. The third kappa shape index (κ3) is 50.1. The molecule has 1 aliphatic heterocycles. The summed E-state index contributed by atoms with van der Waals surface area (Å²) in [5.41, 5.74) is 0. The Labute approximate surface area is 509 Å². The number of amides is 1. The van der Waals surface area contributed by atoms with Crippen LogP contribution in [0.15, 0.2) is 60.8 Å². The molecule has 1 aliphatic rings. The molecule has 83 heavy (non-hydrogen) atoms. The van der Waals surface area contributed by atoms with Crippen LogP contribution in [0.3, 0.4) is 0 Å². The third-order valence-electron chi connectivity index (χ3n) is 16.4. The van der Waals surface area contributed by atoms with E-state index in [0.717, 1.165) is 77.0 Å². The minimum absolute atomic E-state index is 0.00506. The average molecular weight is 1170 g/mol. The number of allylic oxidation sites excluding steroid dienone is 9. The van der Waals surface area contributed by atoms with Gasteiger partial charge in [-0.15, -0.1) is 0 Å². The first-order valence-corrected chi connectivity index (χ1v) is 35.0. The maximum atomic E-state index is 13.0. The summed E-state index contributed by atoms with van der Waals surface area (Å²) < 4.78 is 16.7. The second kappa shape index (κ2) is 61.0. The molecule has 6 N–H and O–H groups in total. The molecular formula is C72H131NO10. The van der Waals surface area contributed by atoms with Crippen molar-refractivity contribution in [1.82, 2.24) is 5.32 Å². The third-order valence-corrected chi connectivity index (χ3v) is 16.4. The number of hydrogen-bond donors (Lipinski definition) is 6. The second-order valence-electron chi connectivity index (χ2n) is 24.2. The molecule has 1 amide bonds. The number of carbonyl (C=O) groups excluding carboxylic acids is 2. The molecule has 0 aromatic carbocycles. The van der Waals surface area contributed by atoms with Crippen molar-refractivity contribution in [2.24, 2.45) is 0 Å². The molecule has 11 heteroatoms. The van der Waals surface area contributed by atoms with E-state index in [2.05, 4.69) is 54.8 Å². The Morgan fingerprint density at radius 3 is 1.33 bits per heavy atom. The minimum atomic E-state index is -1.58. The summed E-state index contributed by atoms with van der Waals surface area (Å²) in [5, 5.41) is 54.2. The molecule has 7 unspecified atom stereocenters. The first kappa shape index (κ1) is 78.4. The van der Waals surface area contributed by atoms with Gasteiger partial charge in [0.2, 0.25) is 5.91 Å². The van der Waals surface area contributed by atoms with Gasteiger partial charge in [-0.2, -0.15) is 0 Å². The van der Waals surface area contributed by atoms with Crippen LogP contribution in [0.5, 0.6) is 0 Å². The van der Waals surface area contributed by atoms with E-state index in [1.165, 1.54) is 218 Å². The molecule has 1 heterocycles. The number of unbranched alkanes of at least 4 members (excludes halogenated alkanes) is 40. The van der Waals surface area contributed by atoms with Crippen molar-refractivity contribution in [3.05, 3.63) is 60.8 Å². The Morgan fingerprint density at radius 2 is 0.867 bits per heavy atom. The van der Waals surface area contributed by atoms with Crippen LogP contribution in [0, 0.1) is 0 Å². The highest BCUT2D eigenvalue weighted by Gasteiger charge is 2.44. The number of aliphatic hydroxyl groups is 5. The summed E-state index contributed by atoms with van der Waals surface area (Å²) in [4.78, 5) is 25.1. The van der Waals surface area contributed by atoms with E-state index in [0.29, 0.717) is 19.4 Å². The van der Waals surface area contributed by atoms with Crippen LogP contribution < -0.4 is 5.32 Å². The van der Waals surface area contributed by atoms with Gasteiger partial charge in [-0.05, 0) is 84.0 Å². The average Bonchev–Trinajstić information content (AvgIpc) is 3.65. The minimum Gasteiger partial charge on any atom is -0.466 e. The van der Waals surface area contributed by atoms with E-state index in [1.807, 2.05) is 19.1 Å². The summed E-state index contributed by atoms with van der Waals surface area (Å²) >= 11 is 0. The molecule has 1 saturated heterocycles. The zero-order chi connectivity index (χ0) is 60.2. The molecule has 11 nitrogen and oxygen atoms in total. The number of hydrogen-bond acceptors (Lipinski definition) is 10. The summed E-state index contributed by atoms with van der Waals surface area (Å²) in [6.07, 6.45) is 71.1. The number of carbonyl (C=O) groups is 2. The predicted octanol–water partition coefficient (Wildman–Crippen LogP) is 17.7. The highest BCUT2D eigenvalue weighted by Crippen LogP contribution is 2.23. The van der Waals surface area contributed by atoms with Crippen molar-refractivity contribution in [2.75, 3.05) is 19.8 Å². The van der Waals surface area contributed by atoms with E-state index < -0.39 is 49.5 Å². The highest BCUT2D eigenvalue weighted by atomic mass is 16.7. The van der Waals surface area contributed by atoms with Crippen molar-refractivity contribution in [3.8, 4) is 0 Å². The predicted molar refractivity (Wildman–Crippen MR) is 347 cm³/mol. The lowest BCUT2D eigenvalue weighted by atomic mass is 9.99. The summed E-state index contributed by atoms with van der Waals surface area (Å²) in [5.74, 6) is -0.198. The zero-order valence-electron chi connectivity index (χ0n) is 53.7. The van der Waals surface area contributed by atoms with E-state index in [4.69, 9.17) is 14.2 Å². The van der Waals surface area contributed by atoms with Crippen LogP contribution in [-0.4, -0.2) is 100 Å². The van der Waals surface area contributed by atoms with Crippen molar-refractivity contribution in [2.45, 2.75) is 365 Å². The van der Waals surface area contributed by atoms with Gasteiger partial charge < -0.3 is 45.1 Å². The van der Waals surface area contributed by atoms with Gasteiger partial charge >= 0.3 is 5.97 Å². The van der Waals surface area contributed by atoms with E-state index in [1.54, 1.807) is 6.08 Å². The Bertz CT molecular complexity index is 1560. The number of esters is 1. The zero-order valence-corrected chi connectivity index (χ0v) is 53.7. The lowest BCUT2D eigenvalue weighted by molar-refractivity contribution is -0.302. The van der Waals surface area contributed by atoms with Crippen molar-refractivity contribution in [1.29, 1.82) is 0 Å². The van der Waals surface area contributed by atoms with Crippen LogP contribution in [0.1, 0.15) is 322 Å². The fourth-order valence-corrected chi connectivity index (χ4v) is 10.9. The standard InChI is InChI=1S/C72H131NO10/c1-3-5-7-9-11-13-14-15-16-17-27-31-34-37-40-44-48-52-56-60-68(77)81-61-57-53-49-45-41-38-35-32-29-26-24-22-20-18-19-21-23-25-28-30-33-36-39-43-47-51-55-59-67(76)73-64(65(75)58-54-50-46-42-12-10-8-6-4-2)63-82-72-71(80)70(79)69(78)66(62-74)83-72/h4,6,12,18-19,22,24,42,54,58,64-66,69-72,74-75,78-80H,3,5,7-11,13-17,20-21,23,25-41,43-53,55-57,59-63H2,1-2H3,(H,73,76)/b6-4+,19-18-,24-22-,42-12+,58-54+. The molecule has 484 valence electrons. The van der Waals surface area contributed by atoms with Gasteiger partial charge in [0.1, 0.15) is 24.4 Å². The Morgan fingerprint density at radius 1 is 0.470 bits per heavy atom. The van der Waals surface area contributed by atoms with Crippen LogP contribution >= 0.6 is 0 Å². The SMILES string of the molecule is C/C=C/CC/C=C/CC/C=C/C(O)C(COC1OC(CO)C(O)C(O)C1O)NC(=O)CCCCCCCCCCCCC/C=C\C/C=C\CCCCCCCCCCCOC(=O)CCCCCCCCCCCCCCCCCCCCC. The smallest absolute Gasteiger partial charge is 0.305 e. The molecule has 7 atom stereocenters. The Balaban J connectivity index is 1.93. The van der Waals surface area contributed by atoms with Crippen LogP contribution in [0.4, 0.5) is 0 Å². The van der Waals surface area contributed by atoms with Gasteiger partial charge in [-0.3, -0.25) is 9.59 Å². The van der Waals surface area contributed by atoms with Gasteiger partial charge in [-0.1, -0.05) is 286 Å². The molecule has 0 aromatic rings. The summed E-state index contributed by atoms with van der Waals surface area (Å²) in [7, 11) is 0. The largest absolute Gasteiger partial charge is 0.466 e. The molecule has 0 saturated carbocycles. The highest BCUT2D eigenvalue weighted by molar-refractivity contribution is 5.76. The lowest BCUT2D eigenvalue weighted by Crippen LogP contribution is -2.60. The summed E-state index contributed by atoms with van der Waals surface area (Å²) in [6.45, 7) is 4.11. The first-order chi connectivity index (χ1) is 40.7. The molecule has 0 aromatic heterocycles. The topological polar surface area (TPSA) is 175 Å². The fraction of sp³-hybridized carbons (Fsp3) is 0.833. The normalized spacial score (nSPS) is 18.5. The second-order valence-corrected chi connectivity index (χ2v) is 24.2. The van der Waals surface area contributed by atoms with Crippen molar-refractivity contribution >= 4 is 11.9 Å². The molecular weight excluding hydrogens is 1040 g/mol. The van der Waals surface area contributed by atoms with Gasteiger partial charge in [-0.25, -0.2) is 0 Å². The van der Waals surface area contributed by atoms with Gasteiger partial charge in [0, 0.05) is 12.8 Å². The fourth-order valence-electron chi connectivity index (χ4n) is 10.9. The van der Waals surface area contributed by atoms with Crippen LogP contribution in [-0.2, 0) is 23.8 Å². The summed E-state index contributed by atoms with van der Waals surface area (Å²) in [6, 6.07) is -0.837. The first-order valence-electron chi connectivity index (χ1n) is 35.0. The van der Waals surface area contributed by atoms with Gasteiger partial charge in [0.05, 0.1) is 32.0 Å². The maximum absolute atomic E-state index is 13.0. The number of nitrogens with one attached hydrogen (secondary N) is 1. The van der Waals surface area contributed by atoms with E-state index >= 15 is 0 Å². The van der Waals surface area contributed by atoms with Crippen molar-refractivity contribution < 1.29 is 49.3 Å². The molecule has 1 fully saturated rings. The Kier molecular flexibility index (Phi) is 57.6. The quantitative estimate of drug-likeness (QED) is 0.0195. The van der Waals surface area contributed by atoms with E-state index in [9.17, 15) is 35.1 Å². The monoisotopic (exact) mass is 1170 g/mol. The molecule has 0 aliphatic carbocycles. The molecule has 0 radical (unpaired) electrons. The number of ether oxygens (including phenoxy) is 3. The Hall–Kier alpha value is -2.64. The van der Waals surface area contributed by atoms with E-state index in [-0.39, 0.29) is 18.5 Å². The van der Waals surface area contributed by atoms with Crippen LogP contribution in [0.25, 0.3) is 0 Å². The van der Waals surface area contributed by atoms with Gasteiger partial charge in [0.25, 0.3) is 0 Å². The molecule has 1 rings (SSSR count). The number of rotatable bonds is 61. The maximum Gasteiger partial charge on any atom is 0.305 e. The molecule has 0 bridgehead atoms. The number of aliphatic hydroxyl groups excluding tert-OH is 5. The van der Waals surface area contributed by atoms with Gasteiger partial charge in [0.15, 0.2) is 6.29 Å². The van der Waals surface area contributed by atoms with Crippen LogP contribution in [0.2, 0.25) is 0 Å². The molecule has 0 spiro atoms. The van der Waals surface area contributed by atoms with Crippen molar-refractivity contribution in [3.63, 3.8) is 0 Å².